The molecule has 2 aromatic carbocycles. The molecule has 2 heterocycles. The summed E-state index contributed by atoms with van der Waals surface area (Å²) in [6.07, 6.45) is 2.79. The van der Waals surface area contributed by atoms with Crippen LogP contribution in [0.25, 0.3) is 11.3 Å². The van der Waals surface area contributed by atoms with Gasteiger partial charge in [-0.2, -0.15) is 0 Å². The lowest BCUT2D eigenvalue weighted by molar-refractivity contribution is 0.220. The summed E-state index contributed by atoms with van der Waals surface area (Å²) in [4.78, 5) is 14.4. The Morgan fingerprint density at radius 2 is 1.93 bits per heavy atom. The van der Waals surface area contributed by atoms with Gasteiger partial charge >= 0.3 is 6.03 Å². The first-order valence-electron chi connectivity index (χ1n) is 8.91. The minimum Gasteiger partial charge on any atom is -0.495 e. The molecule has 0 radical (unpaired) electrons. The highest BCUT2D eigenvalue weighted by Crippen LogP contribution is 2.26. The van der Waals surface area contributed by atoms with Crippen molar-refractivity contribution in [1.29, 1.82) is 0 Å². The first-order valence-corrected chi connectivity index (χ1v) is 8.91. The number of rotatable bonds is 4. The maximum absolute atomic E-state index is 12.6. The molecule has 1 aliphatic heterocycles. The molecule has 1 atom stereocenters. The molecule has 0 saturated carbocycles. The zero-order valence-corrected chi connectivity index (χ0v) is 15.1. The molecule has 1 saturated heterocycles. The van der Waals surface area contributed by atoms with E-state index in [1.807, 2.05) is 65.5 Å². The SMILES string of the molecule is COc1ccccc1NC(=O)N1CCC(n2cc(-c3ccccc3)nn2)C1. The molecule has 0 aliphatic carbocycles. The van der Waals surface area contributed by atoms with Gasteiger partial charge in [0.2, 0.25) is 0 Å². The van der Waals surface area contributed by atoms with Gasteiger partial charge < -0.3 is 15.0 Å². The number of nitrogens with zero attached hydrogens (tertiary/aromatic N) is 4. The van der Waals surface area contributed by atoms with Crippen LogP contribution in [0.15, 0.2) is 60.8 Å². The minimum absolute atomic E-state index is 0.124. The number of nitrogens with one attached hydrogen (secondary N) is 1. The van der Waals surface area contributed by atoms with E-state index >= 15 is 0 Å². The number of para-hydroxylation sites is 2. The number of benzene rings is 2. The first-order chi connectivity index (χ1) is 13.2. The van der Waals surface area contributed by atoms with Crippen LogP contribution in [0.5, 0.6) is 5.75 Å². The van der Waals surface area contributed by atoms with Crippen LogP contribution in [0.3, 0.4) is 0 Å². The van der Waals surface area contributed by atoms with Crippen molar-refractivity contribution >= 4 is 11.7 Å². The third-order valence-electron chi connectivity index (χ3n) is 4.75. The van der Waals surface area contributed by atoms with Gasteiger partial charge in [0, 0.05) is 18.7 Å². The molecule has 27 heavy (non-hydrogen) atoms. The molecule has 1 fully saturated rings. The van der Waals surface area contributed by atoms with E-state index in [1.165, 1.54) is 0 Å². The fourth-order valence-corrected chi connectivity index (χ4v) is 3.28. The molecule has 1 N–H and O–H groups in total. The van der Waals surface area contributed by atoms with E-state index < -0.39 is 0 Å². The summed E-state index contributed by atoms with van der Waals surface area (Å²) in [5.41, 5.74) is 2.54. The third-order valence-corrected chi connectivity index (χ3v) is 4.75. The second-order valence-corrected chi connectivity index (χ2v) is 6.47. The molecule has 7 heteroatoms. The topological polar surface area (TPSA) is 72.3 Å². The Hall–Kier alpha value is -3.35. The summed E-state index contributed by atoms with van der Waals surface area (Å²) in [7, 11) is 1.59. The number of carbonyl (C=O) groups excluding carboxylic acids is 1. The summed E-state index contributed by atoms with van der Waals surface area (Å²) < 4.78 is 7.15. The highest BCUT2D eigenvalue weighted by molar-refractivity contribution is 5.91. The third kappa shape index (κ3) is 3.62. The van der Waals surface area contributed by atoms with E-state index in [-0.39, 0.29) is 12.1 Å². The van der Waals surface area contributed by atoms with Crippen LogP contribution < -0.4 is 10.1 Å². The Bertz CT molecular complexity index is 925. The van der Waals surface area contributed by atoms with Crippen LogP contribution in [0, 0.1) is 0 Å². The number of hydrogen-bond acceptors (Lipinski definition) is 4. The van der Waals surface area contributed by atoms with E-state index in [4.69, 9.17) is 4.74 Å². The van der Waals surface area contributed by atoms with Gasteiger partial charge in [0.25, 0.3) is 0 Å². The monoisotopic (exact) mass is 363 g/mol. The molecule has 4 rings (SSSR count). The summed E-state index contributed by atoms with van der Waals surface area (Å²) >= 11 is 0. The summed E-state index contributed by atoms with van der Waals surface area (Å²) in [5.74, 6) is 0.644. The predicted octanol–water partition coefficient (Wildman–Crippen LogP) is 3.43. The maximum Gasteiger partial charge on any atom is 0.322 e. The van der Waals surface area contributed by atoms with Crippen LogP contribution in [-0.4, -0.2) is 46.1 Å². The van der Waals surface area contributed by atoms with Crippen molar-refractivity contribution in [1.82, 2.24) is 19.9 Å². The number of urea groups is 1. The Morgan fingerprint density at radius 1 is 1.15 bits per heavy atom. The predicted molar refractivity (Wildman–Crippen MR) is 103 cm³/mol. The fraction of sp³-hybridized carbons (Fsp3) is 0.250. The van der Waals surface area contributed by atoms with Crippen molar-refractivity contribution in [3.8, 4) is 17.0 Å². The molecule has 138 valence electrons. The van der Waals surface area contributed by atoms with Gasteiger partial charge in [-0.3, -0.25) is 0 Å². The van der Waals surface area contributed by atoms with E-state index in [0.717, 1.165) is 17.7 Å². The molecular formula is C20H21N5O2. The Morgan fingerprint density at radius 3 is 2.74 bits per heavy atom. The number of aromatic nitrogens is 3. The normalized spacial score (nSPS) is 16.3. The van der Waals surface area contributed by atoms with Crippen molar-refractivity contribution in [2.75, 3.05) is 25.5 Å². The molecule has 2 amide bonds. The summed E-state index contributed by atoms with van der Waals surface area (Å²) in [6.45, 7) is 1.27. The fourth-order valence-electron chi connectivity index (χ4n) is 3.28. The van der Waals surface area contributed by atoms with Crippen molar-refractivity contribution in [2.45, 2.75) is 12.5 Å². The van der Waals surface area contributed by atoms with Gasteiger partial charge in [0.05, 0.1) is 25.0 Å². The second kappa shape index (κ2) is 7.49. The molecule has 1 aromatic heterocycles. The average molecular weight is 363 g/mol. The Labute approximate surface area is 157 Å². The maximum atomic E-state index is 12.6. The summed E-state index contributed by atoms with van der Waals surface area (Å²) in [6, 6.07) is 17.3. The second-order valence-electron chi connectivity index (χ2n) is 6.47. The number of amides is 2. The van der Waals surface area contributed by atoms with Gasteiger partial charge in [-0.25, -0.2) is 9.48 Å². The lowest BCUT2D eigenvalue weighted by atomic mass is 10.2. The van der Waals surface area contributed by atoms with E-state index in [9.17, 15) is 4.79 Å². The summed E-state index contributed by atoms with van der Waals surface area (Å²) in [5, 5.41) is 11.5. The molecule has 1 unspecified atom stereocenters. The molecular weight excluding hydrogens is 342 g/mol. The van der Waals surface area contributed by atoms with E-state index in [0.29, 0.717) is 24.5 Å². The minimum atomic E-state index is -0.134. The number of carbonyl (C=O) groups is 1. The van der Waals surface area contributed by atoms with Gasteiger partial charge in [-0.1, -0.05) is 47.7 Å². The van der Waals surface area contributed by atoms with Gasteiger partial charge in [0.1, 0.15) is 11.4 Å². The van der Waals surface area contributed by atoms with Gasteiger partial charge in [-0.05, 0) is 18.6 Å². The lowest BCUT2D eigenvalue weighted by Gasteiger charge is -2.18. The largest absolute Gasteiger partial charge is 0.495 e. The van der Waals surface area contributed by atoms with Crippen LogP contribution in [0.4, 0.5) is 10.5 Å². The van der Waals surface area contributed by atoms with E-state index in [1.54, 1.807) is 12.0 Å². The van der Waals surface area contributed by atoms with Crippen molar-refractivity contribution in [2.24, 2.45) is 0 Å². The van der Waals surface area contributed by atoms with Crippen molar-refractivity contribution in [3.05, 3.63) is 60.8 Å². The Balaban J connectivity index is 1.41. The number of ether oxygens (including phenoxy) is 1. The van der Waals surface area contributed by atoms with Gasteiger partial charge in [-0.15, -0.1) is 5.10 Å². The standard InChI is InChI=1S/C20H21N5O2/c1-27-19-10-6-5-9-17(19)21-20(26)24-12-11-16(13-24)25-14-18(22-23-25)15-7-3-2-4-8-15/h2-10,14,16H,11-13H2,1H3,(H,21,26). The van der Waals surface area contributed by atoms with E-state index in [2.05, 4.69) is 15.6 Å². The quantitative estimate of drug-likeness (QED) is 0.771. The van der Waals surface area contributed by atoms with Crippen LogP contribution in [0.1, 0.15) is 12.5 Å². The highest BCUT2D eigenvalue weighted by Gasteiger charge is 2.28. The van der Waals surface area contributed by atoms with Gasteiger partial charge in [0.15, 0.2) is 0 Å². The zero-order chi connectivity index (χ0) is 18.6. The van der Waals surface area contributed by atoms with Crippen LogP contribution >= 0.6 is 0 Å². The zero-order valence-electron chi connectivity index (χ0n) is 15.1. The van der Waals surface area contributed by atoms with Crippen LogP contribution in [-0.2, 0) is 0 Å². The number of likely N-dealkylation sites (tertiary alicyclic amines) is 1. The molecule has 1 aliphatic rings. The molecule has 3 aromatic rings. The first kappa shape index (κ1) is 17.1. The lowest BCUT2D eigenvalue weighted by Crippen LogP contribution is -2.33. The molecule has 7 nitrogen and oxygen atoms in total. The number of anilines is 1. The average Bonchev–Trinajstić information content (AvgIpc) is 3.39. The van der Waals surface area contributed by atoms with Crippen molar-refractivity contribution in [3.63, 3.8) is 0 Å². The Kier molecular flexibility index (Phi) is 4.74. The number of methoxy groups -OCH3 is 1. The highest BCUT2D eigenvalue weighted by atomic mass is 16.5. The van der Waals surface area contributed by atoms with Crippen molar-refractivity contribution < 1.29 is 9.53 Å². The number of hydrogen-bond donors (Lipinski definition) is 1. The molecule has 0 spiro atoms. The van der Waals surface area contributed by atoms with Crippen LogP contribution in [0.2, 0.25) is 0 Å². The smallest absolute Gasteiger partial charge is 0.322 e. The molecule has 0 bridgehead atoms.